The van der Waals surface area contributed by atoms with E-state index in [0.29, 0.717) is 18.7 Å². The number of aromatic amines is 1. The van der Waals surface area contributed by atoms with E-state index in [1.54, 1.807) is 20.3 Å². The van der Waals surface area contributed by atoms with Crippen molar-refractivity contribution in [2.24, 2.45) is 0 Å². The number of hydrogen-bond donors (Lipinski definition) is 2. The third-order valence-corrected chi connectivity index (χ3v) is 5.77. The first-order valence-corrected chi connectivity index (χ1v) is 12.0. The van der Waals surface area contributed by atoms with Crippen molar-refractivity contribution >= 4 is 12.0 Å². The molecule has 0 aliphatic carbocycles. The Kier molecular flexibility index (Phi) is 10.3. The SMILES string of the molecule is COc1ccc(CCN(C)CCCNC(=O)CC=Cc2ccc(-c3ccc(=O)[nH]n3)cc2)cc1OC. The monoisotopic (exact) mass is 490 g/mol. The fraction of sp³-hybridized carbons (Fsp3) is 0.321. The third-order valence-electron chi connectivity index (χ3n) is 5.77. The van der Waals surface area contributed by atoms with Gasteiger partial charge in [0.05, 0.1) is 19.9 Å². The maximum atomic E-state index is 12.1. The highest BCUT2D eigenvalue weighted by Gasteiger charge is 2.06. The van der Waals surface area contributed by atoms with Crippen molar-refractivity contribution < 1.29 is 14.3 Å². The summed E-state index contributed by atoms with van der Waals surface area (Å²) in [5.74, 6) is 1.49. The topological polar surface area (TPSA) is 96.6 Å². The molecule has 8 heteroatoms. The number of nitrogens with zero attached hydrogens (tertiary/aromatic N) is 2. The van der Waals surface area contributed by atoms with E-state index in [-0.39, 0.29) is 11.5 Å². The summed E-state index contributed by atoms with van der Waals surface area (Å²) >= 11 is 0. The fourth-order valence-electron chi connectivity index (χ4n) is 3.69. The largest absolute Gasteiger partial charge is 0.493 e. The minimum absolute atomic E-state index is 0.00768. The van der Waals surface area contributed by atoms with E-state index in [1.807, 2.05) is 48.6 Å². The average Bonchev–Trinajstić information content (AvgIpc) is 2.90. The predicted octanol–water partition coefficient (Wildman–Crippen LogP) is 3.54. The summed E-state index contributed by atoms with van der Waals surface area (Å²) in [6.07, 6.45) is 5.91. The van der Waals surface area contributed by atoms with E-state index in [9.17, 15) is 9.59 Å². The number of carbonyl (C=O) groups excluding carboxylic acids is 1. The zero-order chi connectivity index (χ0) is 25.8. The number of amides is 1. The highest BCUT2D eigenvalue weighted by atomic mass is 16.5. The number of H-pyrrole nitrogens is 1. The van der Waals surface area contributed by atoms with Crippen molar-refractivity contribution in [3.05, 3.63) is 82.2 Å². The van der Waals surface area contributed by atoms with Crippen LogP contribution in [0.5, 0.6) is 11.5 Å². The van der Waals surface area contributed by atoms with Gasteiger partial charge in [0, 0.05) is 31.1 Å². The molecule has 190 valence electrons. The predicted molar refractivity (Wildman–Crippen MR) is 142 cm³/mol. The Bertz CT molecular complexity index is 1180. The van der Waals surface area contributed by atoms with Gasteiger partial charge in [0.15, 0.2) is 11.5 Å². The number of hydrogen-bond acceptors (Lipinski definition) is 6. The summed E-state index contributed by atoms with van der Waals surface area (Å²) < 4.78 is 10.7. The summed E-state index contributed by atoms with van der Waals surface area (Å²) in [6.45, 7) is 2.47. The van der Waals surface area contributed by atoms with Crippen LogP contribution in [0.25, 0.3) is 17.3 Å². The molecule has 0 unspecified atom stereocenters. The lowest BCUT2D eigenvalue weighted by Crippen LogP contribution is -2.28. The molecule has 0 saturated heterocycles. The molecule has 1 aromatic heterocycles. The van der Waals surface area contributed by atoms with Crippen LogP contribution in [0.1, 0.15) is 24.0 Å². The van der Waals surface area contributed by atoms with E-state index in [4.69, 9.17) is 9.47 Å². The van der Waals surface area contributed by atoms with Gasteiger partial charge in [-0.15, -0.1) is 0 Å². The average molecular weight is 491 g/mol. The lowest BCUT2D eigenvalue weighted by Gasteiger charge is -2.17. The second-order valence-electron chi connectivity index (χ2n) is 8.48. The summed E-state index contributed by atoms with van der Waals surface area (Å²) in [7, 11) is 5.36. The maximum Gasteiger partial charge on any atom is 0.264 e. The smallest absolute Gasteiger partial charge is 0.264 e. The molecule has 2 N–H and O–H groups in total. The van der Waals surface area contributed by atoms with Gasteiger partial charge in [-0.2, -0.15) is 5.10 Å². The van der Waals surface area contributed by atoms with Gasteiger partial charge in [-0.3, -0.25) is 9.59 Å². The lowest BCUT2D eigenvalue weighted by molar-refractivity contribution is -0.120. The Balaban J connectivity index is 1.32. The summed E-state index contributed by atoms with van der Waals surface area (Å²) in [6, 6.07) is 16.9. The molecule has 0 aliphatic heterocycles. The molecule has 0 radical (unpaired) electrons. The standard InChI is InChI=1S/C28H34N4O4/c1-32(19-16-22-10-14-25(35-2)26(20-22)36-3)18-5-17-29-27(33)7-4-6-21-8-11-23(12-9-21)24-13-15-28(34)31-30-24/h4,6,8-15,20H,5,7,16-19H2,1-3H3,(H,29,33)(H,31,34). The summed E-state index contributed by atoms with van der Waals surface area (Å²) in [4.78, 5) is 25.5. The van der Waals surface area contributed by atoms with Crippen LogP contribution in [-0.4, -0.2) is 61.9 Å². The second-order valence-corrected chi connectivity index (χ2v) is 8.48. The van der Waals surface area contributed by atoms with Gasteiger partial charge in [-0.05, 0) is 55.8 Å². The number of carbonyl (C=O) groups is 1. The first kappa shape index (κ1) is 26.7. The van der Waals surface area contributed by atoms with Crippen molar-refractivity contribution in [3.8, 4) is 22.8 Å². The zero-order valence-electron chi connectivity index (χ0n) is 21.1. The Labute approximate surface area is 212 Å². The molecule has 0 fully saturated rings. The molecule has 0 atom stereocenters. The van der Waals surface area contributed by atoms with Crippen molar-refractivity contribution in [3.63, 3.8) is 0 Å². The van der Waals surface area contributed by atoms with Crippen LogP contribution in [0, 0.1) is 0 Å². The van der Waals surface area contributed by atoms with E-state index in [1.165, 1.54) is 11.6 Å². The van der Waals surface area contributed by atoms with E-state index < -0.39 is 0 Å². The second kappa shape index (κ2) is 13.8. The number of aromatic nitrogens is 2. The molecular formula is C28H34N4O4. The lowest BCUT2D eigenvalue weighted by atomic mass is 10.1. The molecule has 0 saturated carbocycles. The zero-order valence-corrected chi connectivity index (χ0v) is 21.1. The van der Waals surface area contributed by atoms with Gasteiger partial charge in [0.25, 0.3) is 5.56 Å². The fourth-order valence-corrected chi connectivity index (χ4v) is 3.69. The molecule has 0 bridgehead atoms. The van der Waals surface area contributed by atoms with E-state index in [2.05, 4.69) is 33.5 Å². The van der Waals surface area contributed by atoms with Gasteiger partial charge in [-0.1, -0.05) is 42.5 Å². The van der Waals surface area contributed by atoms with Crippen LogP contribution in [0.3, 0.4) is 0 Å². The van der Waals surface area contributed by atoms with Crippen molar-refractivity contribution in [2.75, 3.05) is 40.9 Å². The molecule has 3 aromatic rings. The van der Waals surface area contributed by atoms with Crippen LogP contribution in [0.15, 0.2) is 65.5 Å². The van der Waals surface area contributed by atoms with Crippen LogP contribution in [-0.2, 0) is 11.2 Å². The molecule has 36 heavy (non-hydrogen) atoms. The highest BCUT2D eigenvalue weighted by Crippen LogP contribution is 2.27. The van der Waals surface area contributed by atoms with Crippen LogP contribution >= 0.6 is 0 Å². The third kappa shape index (κ3) is 8.39. The number of nitrogens with one attached hydrogen (secondary N) is 2. The maximum absolute atomic E-state index is 12.1. The summed E-state index contributed by atoms with van der Waals surface area (Å²) in [5, 5.41) is 9.43. The molecular weight excluding hydrogens is 456 g/mol. The Morgan fingerprint density at radius 3 is 2.50 bits per heavy atom. The van der Waals surface area contributed by atoms with Gasteiger partial charge in [0.2, 0.25) is 5.91 Å². The van der Waals surface area contributed by atoms with E-state index >= 15 is 0 Å². The molecule has 2 aromatic carbocycles. The van der Waals surface area contributed by atoms with Gasteiger partial charge < -0.3 is 19.7 Å². The first-order valence-electron chi connectivity index (χ1n) is 12.0. The molecule has 0 spiro atoms. The van der Waals surface area contributed by atoms with Crippen molar-refractivity contribution in [1.29, 1.82) is 0 Å². The van der Waals surface area contributed by atoms with Crippen molar-refractivity contribution in [1.82, 2.24) is 20.4 Å². The minimum atomic E-state index is -0.227. The van der Waals surface area contributed by atoms with Crippen molar-refractivity contribution in [2.45, 2.75) is 19.3 Å². The number of rotatable bonds is 13. The molecule has 0 aliphatic rings. The summed E-state index contributed by atoms with van der Waals surface area (Å²) in [5.41, 5.74) is 3.58. The number of benzene rings is 2. The van der Waals surface area contributed by atoms with Gasteiger partial charge >= 0.3 is 0 Å². The molecule has 1 heterocycles. The van der Waals surface area contributed by atoms with Crippen LogP contribution < -0.4 is 20.3 Å². The molecule has 1 amide bonds. The van der Waals surface area contributed by atoms with Gasteiger partial charge in [-0.25, -0.2) is 5.10 Å². The van der Waals surface area contributed by atoms with E-state index in [0.717, 1.165) is 48.6 Å². The number of likely N-dealkylation sites (N-methyl/N-ethyl adjacent to an activating group) is 1. The Morgan fingerprint density at radius 1 is 1.03 bits per heavy atom. The first-order chi connectivity index (χ1) is 17.5. The Morgan fingerprint density at radius 2 is 1.81 bits per heavy atom. The number of methoxy groups -OCH3 is 2. The molecule has 3 rings (SSSR count). The Hall–Kier alpha value is -3.91. The quantitative estimate of drug-likeness (QED) is 0.356. The van der Waals surface area contributed by atoms with Gasteiger partial charge in [0.1, 0.15) is 0 Å². The minimum Gasteiger partial charge on any atom is -0.493 e. The molecule has 8 nitrogen and oxygen atoms in total. The normalized spacial score (nSPS) is 11.1. The highest BCUT2D eigenvalue weighted by molar-refractivity contribution is 5.78. The number of ether oxygens (including phenoxy) is 2. The van der Waals surface area contributed by atoms with Crippen LogP contribution in [0.2, 0.25) is 0 Å². The van der Waals surface area contributed by atoms with Crippen LogP contribution in [0.4, 0.5) is 0 Å².